The molecule has 1 aliphatic rings. The van der Waals surface area contributed by atoms with E-state index in [1.807, 2.05) is 6.92 Å². The molecule has 28 heavy (non-hydrogen) atoms. The first-order valence-corrected chi connectivity index (χ1v) is 10.6. The maximum atomic E-state index is 12.5. The van der Waals surface area contributed by atoms with Gasteiger partial charge in [0, 0.05) is 23.1 Å². The minimum atomic E-state index is 0.126. The lowest BCUT2D eigenvalue weighted by atomic mass is 9.82. The van der Waals surface area contributed by atoms with E-state index in [-0.39, 0.29) is 5.78 Å². The lowest BCUT2D eigenvalue weighted by Crippen LogP contribution is -2.06. The Morgan fingerprint density at radius 1 is 1.07 bits per heavy atom. The molecule has 0 aromatic heterocycles. The fourth-order valence-corrected chi connectivity index (χ4v) is 3.49. The van der Waals surface area contributed by atoms with Crippen molar-refractivity contribution in [3.8, 4) is 11.8 Å². The third kappa shape index (κ3) is 5.35. The Balaban J connectivity index is 2.85. The molecule has 0 radical (unpaired) electrons. The Labute approximate surface area is 171 Å². The van der Waals surface area contributed by atoms with Crippen LogP contribution in [0.3, 0.4) is 0 Å². The molecule has 1 fully saturated rings. The van der Waals surface area contributed by atoms with Gasteiger partial charge in [-0.2, -0.15) is 0 Å². The average molecular weight is 375 g/mol. The minimum absolute atomic E-state index is 0.126. The van der Waals surface area contributed by atoms with Crippen molar-refractivity contribution >= 4 is 11.4 Å². The normalized spacial score (nSPS) is 14.6. The highest BCUT2D eigenvalue weighted by atomic mass is 16.1. The summed E-state index contributed by atoms with van der Waals surface area (Å²) in [5.74, 6) is 6.83. The predicted octanol–water partition coefficient (Wildman–Crippen LogP) is 7.37. The molecule has 1 nitrogen and oxygen atoms in total. The molecule has 0 N–H and O–H groups in total. The Morgan fingerprint density at radius 3 is 2.29 bits per heavy atom. The highest BCUT2D eigenvalue weighted by Crippen LogP contribution is 2.43. The summed E-state index contributed by atoms with van der Waals surface area (Å²) in [6.07, 6.45) is 6.36. The maximum absolute atomic E-state index is 12.5. The molecule has 1 heteroatoms. The number of allylic oxidation sites excluding steroid dienone is 6. The number of benzene rings is 1. The summed E-state index contributed by atoms with van der Waals surface area (Å²) in [7, 11) is 0. The Morgan fingerprint density at radius 2 is 1.75 bits per heavy atom. The topological polar surface area (TPSA) is 17.1 Å². The van der Waals surface area contributed by atoms with E-state index in [0.29, 0.717) is 0 Å². The van der Waals surface area contributed by atoms with Gasteiger partial charge in [0.2, 0.25) is 0 Å². The Kier molecular flexibility index (Phi) is 8.06. The molecule has 1 aromatic carbocycles. The summed E-state index contributed by atoms with van der Waals surface area (Å²) in [5, 5.41) is 0. The zero-order valence-corrected chi connectivity index (χ0v) is 18.5. The van der Waals surface area contributed by atoms with Gasteiger partial charge in [-0.3, -0.25) is 4.79 Å². The van der Waals surface area contributed by atoms with Gasteiger partial charge in [0.1, 0.15) is 0 Å². The zero-order chi connectivity index (χ0) is 20.7. The van der Waals surface area contributed by atoms with Crippen molar-refractivity contribution in [3.63, 3.8) is 0 Å². The first-order chi connectivity index (χ1) is 13.4. The van der Waals surface area contributed by atoms with Crippen LogP contribution in [0.25, 0.3) is 5.57 Å². The van der Waals surface area contributed by atoms with Crippen molar-refractivity contribution in [1.29, 1.82) is 0 Å². The number of ketones is 1. The molecule has 0 bridgehead atoms. The van der Waals surface area contributed by atoms with Crippen LogP contribution in [0.4, 0.5) is 0 Å². The maximum Gasteiger partial charge on any atom is 0.156 e. The molecule has 0 unspecified atom stereocenters. The molecule has 0 aliphatic heterocycles. The second-order valence-corrected chi connectivity index (χ2v) is 7.76. The van der Waals surface area contributed by atoms with E-state index in [0.717, 1.165) is 55.2 Å². The van der Waals surface area contributed by atoms with Gasteiger partial charge in [-0.15, -0.1) is 0 Å². The van der Waals surface area contributed by atoms with Gasteiger partial charge in [0.15, 0.2) is 5.78 Å². The van der Waals surface area contributed by atoms with E-state index in [9.17, 15) is 4.79 Å². The standard InChI is InChI=1S/C27H34O/c1-7-9-13-20(4)26(24-16-12-11-14-19(24)3)27(21(5)22(6)28)25(15-10-8-2)23-17-18-23/h11-12,14,16H,7-9,13,17-18H2,1-6H3/b26-20-,27-21+. The van der Waals surface area contributed by atoms with Crippen LogP contribution < -0.4 is 0 Å². The summed E-state index contributed by atoms with van der Waals surface area (Å²) < 4.78 is 0. The second-order valence-electron chi connectivity index (χ2n) is 7.76. The highest BCUT2D eigenvalue weighted by Gasteiger charge is 2.26. The van der Waals surface area contributed by atoms with Crippen molar-refractivity contribution in [2.45, 2.75) is 80.1 Å². The van der Waals surface area contributed by atoms with Crippen molar-refractivity contribution in [2.24, 2.45) is 0 Å². The molecule has 2 rings (SSSR count). The number of carbonyl (C=O) groups is 1. The highest BCUT2D eigenvalue weighted by molar-refractivity contribution is 6.02. The van der Waals surface area contributed by atoms with Gasteiger partial charge in [-0.05, 0) is 70.1 Å². The molecule has 0 atom stereocenters. The molecule has 1 aliphatic carbocycles. The van der Waals surface area contributed by atoms with Gasteiger partial charge >= 0.3 is 0 Å². The number of Topliss-reactive ketones (excluding diaryl/α,β-unsaturated/α-hetero) is 1. The van der Waals surface area contributed by atoms with E-state index in [1.54, 1.807) is 6.92 Å². The smallest absolute Gasteiger partial charge is 0.156 e. The molecular weight excluding hydrogens is 340 g/mol. The quantitative estimate of drug-likeness (QED) is 0.277. The van der Waals surface area contributed by atoms with Gasteiger partial charge in [0.05, 0.1) is 0 Å². The van der Waals surface area contributed by atoms with Gasteiger partial charge in [0.25, 0.3) is 0 Å². The van der Waals surface area contributed by atoms with Crippen LogP contribution in [0, 0.1) is 18.8 Å². The van der Waals surface area contributed by atoms with E-state index in [2.05, 4.69) is 63.8 Å². The SMILES string of the molecule is CCC#CC(=C1CC1)C(=C(/C)C(C)=O)/C(=C(/C)CCCC)c1ccccc1C. The largest absolute Gasteiger partial charge is 0.295 e. The molecular formula is C27H34O. The lowest BCUT2D eigenvalue weighted by Gasteiger charge is -2.21. The number of carbonyl (C=O) groups excluding carboxylic acids is 1. The molecule has 0 amide bonds. The number of aryl methyl sites for hydroxylation is 1. The van der Waals surface area contributed by atoms with Crippen molar-refractivity contribution in [3.05, 3.63) is 63.3 Å². The summed E-state index contributed by atoms with van der Waals surface area (Å²) in [6.45, 7) is 12.3. The summed E-state index contributed by atoms with van der Waals surface area (Å²) in [6, 6.07) is 8.52. The van der Waals surface area contributed by atoms with Crippen LogP contribution >= 0.6 is 0 Å². The van der Waals surface area contributed by atoms with Crippen LogP contribution in [0.1, 0.15) is 84.3 Å². The summed E-state index contributed by atoms with van der Waals surface area (Å²) in [4.78, 5) is 12.5. The predicted molar refractivity (Wildman–Crippen MR) is 121 cm³/mol. The molecule has 0 spiro atoms. The number of hydrogen-bond donors (Lipinski definition) is 0. The number of unbranched alkanes of at least 4 members (excludes halogenated alkanes) is 1. The zero-order valence-electron chi connectivity index (χ0n) is 18.5. The van der Waals surface area contributed by atoms with E-state index in [1.165, 1.54) is 27.8 Å². The lowest BCUT2D eigenvalue weighted by molar-refractivity contribution is -0.113. The minimum Gasteiger partial charge on any atom is -0.295 e. The monoisotopic (exact) mass is 374 g/mol. The third-order valence-electron chi connectivity index (χ3n) is 5.39. The molecule has 0 saturated heterocycles. The van der Waals surface area contributed by atoms with Crippen LogP contribution in [0.15, 0.2) is 52.1 Å². The van der Waals surface area contributed by atoms with Crippen LogP contribution in [-0.2, 0) is 4.79 Å². The molecule has 1 saturated carbocycles. The fourth-order valence-electron chi connectivity index (χ4n) is 3.49. The van der Waals surface area contributed by atoms with Crippen molar-refractivity contribution < 1.29 is 4.79 Å². The number of rotatable bonds is 7. The van der Waals surface area contributed by atoms with Gasteiger partial charge < -0.3 is 0 Å². The summed E-state index contributed by atoms with van der Waals surface area (Å²) in [5.41, 5.74) is 9.43. The first-order valence-electron chi connectivity index (χ1n) is 10.6. The molecule has 1 aromatic rings. The average Bonchev–Trinajstić information content (AvgIpc) is 3.51. The van der Waals surface area contributed by atoms with Gasteiger partial charge in [-0.1, -0.05) is 67.5 Å². The second kappa shape index (κ2) is 10.3. The van der Waals surface area contributed by atoms with Gasteiger partial charge in [-0.25, -0.2) is 0 Å². The molecule has 148 valence electrons. The molecule has 0 heterocycles. The van der Waals surface area contributed by atoms with Crippen LogP contribution in [0.5, 0.6) is 0 Å². The Bertz CT molecular complexity index is 888. The van der Waals surface area contributed by atoms with Crippen molar-refractivity contribution in [2.75, 3.05) is 0 Å². The van der Waals surface area contributed by atoms with E-state index >= 15 is 0 Å². The van der Waals surface area contributed by atoms with E-state index in [4.69, 9.17) is 0 Å². The van der Waals surface area contributed by atoms with Crippen molar-refractivity contribution in [1.82, 2.24) is 0 Å². The Hall–Kier alpha value is -2.33. The number of hydrogen-bond acceptors (Lipinski definition) is 1. The summed E-state index contributed by atoms with van der Waals surface area (Å²) >= 11 is 0. The first kappa shape index (κ1) is 22.0. The van der Waals surface area contributed by atoms with Crippen LogP contribution in [0.2, 0.25) is 0 Å². The van der Waals surface area contributed by atoms with Crippen LogP contribution in [-0.4, -0.2) is 5.78 Å². The van der Waals surface area contributed by atoms with E-state index < -0.39 is 0 Å². The fraction of sp³-hybridized carbons (Fsp3) is 0.444. The third-order valence-corrected chi connectivity index (χ3v) is 5.39.